The maximum absolute atomic E-state index is 13.2. The van der Waals surface area contributed by atoms with Gasteiger partial charge in [-0.25, -0.2) is 19.3 Å². The standard InChI is InChI=1S/C40H46ClN11O8/c41-26-21-29(46-40(57)47-30-23-43-33-7-9-45-52(33)36(30)32-2-1-16-59-32)38(44-22-26)60-18-10-42-34(53)8-17-58-19-15-49-11-13-50(14-12-49)27-3-4-28-25(20-27)24-51(39(28)56)31-5-6-35(54)48-37(31)55/h3-4,7,9,20-23,31-32H,1-2,5-6,8,10-19,24H2,(H,42,53)(H2,46,47,57)(H,48,54,55). The summed E-state index contributed by atoms with van der Waals surface area (Å²) >= 11 is 6.19. The molecule has 3 aromatic heterocycles. The predicted octanol–water partition coefficient (Wildman–Crippen LogP) is 2.76. The molecule has 0 spiro atoms. The third kappa shape index (κ3) is 9.44. The van der Waals surface area contributed by atoms with Gasteiger partial charge in [0.15, 0.2) is 5.65 Å². The van der Waals surface area contributed by atoms with Gasteiger partial charge >= 0.3 is 6.03 Å². The number of amides is 6. The number of piperazine rings is 1. The smallest absolute Gasteiger partial charge is 0.323 e. The highest BCUT2D eigenvalue weighted by Crippen LogP contribution is 2.34. The Morgan fingerprint density at radius 2 is 1.82 bits per heavy atom. The first-order chi connectivity index (χ1) is 29.2. The van der Waals surface area contributed by atoms with Gasteiger partial charge in [-0.3, -0.25) is 29.4 Å². The quantitative estimate of drug-likeness (QED) is 0.100. The van der Waals surface area contributed by atoms with Crippen molar-refractivity contribution < 1.29 is 38.2 Å². The molecule has 0 saturated carbocycles. The van der Waals surface area contributed by atoms with E-state index in [1.54, 1.807) is 27.9 Å². The van der Waals surface area contributed by atoms with Crippen molar-refractivity contribution in [3.8, 4) is 5.88 Å². The van der Waals surface area contributed by atoms with Crippen LogP contribution in [0, 0.1) is 0 Å². The number of piperidine rings is 1. The van der Waals surface area contributed by atoms with Crippen molar-refractivity contribution in [3.63, 3.8) is 0 Å². The summed E-state index contributed by atoms with van der Waals surface area (Å²) in [6.07, 6.45) is 6.82. The summed E-state index contributed by atoms with van der Waals surface area (Å²) in [5, 5.41) is 15.4. The number of carbonyl (C=O) groups excluding carboxylic acids is 5. The fraction of sp³-hybridized carbons (Fsp3) is 0.450. The Hall–Kier alpha value is -5.89. The van der Waals surface area contributed by atoms with Gasteiger partial charge in [0.05, 0.1) is 48.6 Å². The van der Waals surface area contributed by atoms with Crippen LogP contribution in [0.25, 0.3) is 5.65 Å². The molecule has 3 fully saturated rings. The maximum atomic E-state index is 13.2. The molecule has 7 heterocycles. The van der Waals surface area contributed by atoms with Crippen molar-refractivity contribution in [3.05, 3.63) is 70.8 Å². The number of nitrogens with one attached hydrogen (secondary N) is 4. The molecule has 4 aliphatic heterocycles. The molecule has 316 valence electrons. The number of benzene rings is 1. The zero-order chi connectivity index (χ0) is 41.6. The number of anilines is 3. The van der Waals surface area contributed by atoms with Crippen LogP contribution in [0.4, 0.5) is 21.9 Å². The number of hydrogen-bond acceptors (Lipinski definition) is 13. The average molecular weight is 844 g/mol. The molecule has 8 rings (SSSR count). The SMILES string of the molecule is O=C(CCOCCN1CCN(c2ccc3c(c2)CN(C2CCC(=O)NC2=O)C3=O)CC1)NCCOc1ncc(Cl)cc1NC(=O)Nc1cnc2ccnn2c1C1CCCO1. The number of rotatable bonds is 15. The second-order valence-electron chi connectivity index (χ2n) is 14.9. The van der Waals surface area contributed by atoms with Crippen LogP contribution in [-0.2, 0) is 30.4 Å². The highest BCUT2D eigenvalue weighted by molar-refractivity contribution is 6.30. The number of aromatic nitrogens is 4. The van der Waals surface area contributed by atoms with Gasteiger partial charge in [-0.15, -0.1) is 0 Å². The molecule has 4 N–H and O–H groups in total. The van der Waals surface area contributed by atoms with Crippen LogP contribution in [0.15, 0.2) is 48.9 Å². The lowest BCUT2D eigenvalue weighted by molar-refractivity contribution is -0.137. The third-order valence-corrected chi connectivity index (χ3v) is 11.1. The van der Waals surface area contributed by atoms with E-state index in [1.807, 2.05) is 18.2 Å². The minimum atomic E-state index is -0.632. The van der Waals surface area contributed by atoms with Gasteiger partial charge in [-0.1, -0.05) is 11.6 Å². The molecule has 0 radical (unpaired) electrons. The lowest BCUT2D eigenvalue weighted by Gasteiger charge is -2.36. The zero-order valence-electron chi connectivity index (χ0n) is 32.9. The summed E-state index contributed by atoms with van der Waals surface area (Å²) in [5.41, 5.74) is 4.56. The van der Waals surface area contributed by atoms with Gasteiger partial charge in [-0.05, 0) is 49.1 Å². The number of urea groups is 1. The lowest BCUT2D eigenvalue weighted by Crippen LogP contribution is -2.52. The van der Waals surface area contributed by atoms with Gasteiger partial charge in [0.1, 0.15) is 24.4 Å². The van der Waals surface area contributed by atoms with Crippen molar-refractivity contribution in [1.82, 2.24) is 40.0 Å². The summed E-state index contributed by atoms with van der Waals surface area (Å²) < 4.78 is 19.1. The van der Waals surface area contributed by atoms with Gasteiger partial charge < -0.3 is 40.0 Å². The van der Waals surface area contributed by atoms with Crippen molar-refractivity contribution in [2.45, 2.75) is 50.8 Å². The second-order valence-corrected chi connectivity index (χ2v) is 15.3. The van der Waals surface area contributed by atoms with E-state index in [0.29, 0.717) is 53.8 Å². The summed E-state index contributed by atoms with van der Waals surface area (Å²) in [5.74, 6) is -0.943. The first-order valence-electron chi connectivity index (χ1n) is 20.1. The molecule has 2 atom stereocenters. The Kier molecular flexibility index (Phi) is 12.7. The van der Waals surface area contributed by atoms with E-state index in [4.69, 9.17) is 25.8 Å². The van der Waals surface area contributed by atoms with Crippen molar-refractivity contribution in [2.24, 2.45) is 0 Å². The summed E-state index contributed by atoms with van der Waals surface area (Å²) in [4.78, 5) is 77.5. The highest BCUT2D eigenvalue weighted by Gasteiger charge is 2.39. The van der Waals surface area contributed by atoms with Gasteiger partial charge in [-0.2, -0.15) is 5.10 Å². The number of ether oxygens (including phenoxy) is 3. The Morgan fingerprint density at radius 1 is 0.967 bits per heavy atom. The van der Waals surface area contributed by atoms with Gasteiger partial charge in [0, 0.05) is 82.2 Å². The summed E-state index contributed by atoms with van der Waals surface area (Å²) in [6.45, 7) is 6.06. The Labute approximate surface area is 350 Å². The highest BCUT2D eigenvalue weighted by atomic mass is 35.5. The topological polar surface area (TPSA) is 214 Å². The molecule has 20 heteroatoms. The summed E-state index contributed by atoms with van der Waals surface area (Å²) in [6, 6.07) is 7.93. The molecule has 19 nitrogen and oxygen atoms in total. The number of halogens is 1. The van der Waals surface area contributed by atoms with Crippen LogP contribution in [0.3, 0.4) is 0 Å². The molecule has 4 aliphatic rings. The van der Waals surface area contributed by atoms with E-state index in [2.05, 4.69) is 46.1 Å². The first-order valence-corrected chi connectivity index (χ1v) is 20.5. The van der Waals surface area contributed by atoms with Crippen molar-refractivity contribution in [2.75, 3.05) is 81.2 Å². The Bertz CT molecular complexity index is 2260. The van der Waals surface area contributed by atoms with E-state index in [-0.39, 0.29) is 68.0 Å². The van der Waals surface area contributed by atoms with Crippen molar-refractivity contribution in [1.29, 1.82) is 0 Å². The number of carbonyl (C=O) groups is 5. The maximum Gasteiger partial charge on any atom is 0.323 e. The Balaban J connectivity index is 0.715. The number of fused-ring (bicyclic) bond motifs is 2. The van der Waals surface area contributed by atoms with E-state index in [1.165, 1.54) is 12.3 Å². The third-order valence-electron chi connectivity index (χ3n) is 10.9. The fourth-order valence-electron chi connectivity index (χ4n) is 7.87. The van der Waals surface area contributed by atoms with Crippen molar-refractivity contribution >= 4 is 64.0 Å². The molecule has 1 aromatic carbocycles. The van der Waals surface area contributed by atoms with Gasteiger partial charge in [0.2, 0.25) is 23.6 Å². The van der Waals surface area contributed by atoms with Crippen LogP contribution in [0.5, 0.6) is 5.88 Å². The van der Waals surface area contributed by atoms with E-state index >= 15 is 0 Å². The molecule has 60 heavy (non-hydrogen) atoms. The monoisotopic (exact) mass is 843 g/mol. The predicted molar refractivity (Wildman–Crippen MR) is 218 cm³/mol. The van der Waals surface area contributed by atoms with E-state index in [9.17, 15) is 24.0 Å². The molecule has 2 unspecified atom stereocenters. The largest absolute Gasteiger partial charge is 0.474 e. The molecular formula is C40H46ClN11O8. The molecular weight excluding hydrogens is 798 g/mol. The average Bonchev–Trinajstić information content (AvgIpc) is 4.02. The minimum absolute atomic E-state index is 0.0942. The molecule has 6 amide bonds. The van der Waals surface area contributed by atoms with Gasteiger partial charge in [0.25, 0.3) is 5.91 Å². The number of imide groups is 1. The molecule has 0 bridgehead atoms. The van der Waals surface area contributed by atoms with Crippen LogP contribution in [-0.4, -0.2) is 131 Å². The van der Waals surface area contributed by atoms with Crippen LogP contribution < -0.4 is 30.9 Å². The second kappa shape index (κ2) is 18.6. The Morgan fingerprint density at radius 3 is 2.63 bits per heavy atom. The minimum Gasteiger partial charge on any atom is -0.474 e. The lowest BCUT2D eigenvalue weighted by atomic mass is 10.0. The van der Waals surface area contributed by atoms with Crippen LogP contribution in [0.1, 0.15) is 59.8 Å². The molecule has 0 aliphatic carbocycles. The number of pyridine rings is 1. The molecule has 4 aromatic rings. The zero-order valence-corrected chi connectivity index (χ0v) is 33.6. The van der Waals surface area contributed by atoms with Crippen LogP contribution >= 0.6 is 11.6 Å². The summed E-state index contributed by atoms with van der Waals surface area (Å²) in [7, 11) is 0. The normalized spacial score (nSPS) is 19.4. The first kappa shape index (κ1) is 40.9. The number of nitrogens with zero attached hydrogens (tertiary/aromatic N) is 7. The van der Waals surface area contributed by atoms with Crippen LogP contribution in [0.2, 0.25) is 5.02 Å². The van der Waals surface area contributed by atoms with E-state index in [0.717, 1.165) is 56.8 Å². The molecule has 3 saturated heterocycles. The van der Waals surface area contributed by atoms with E-state index < -0.39 is 18.0 Å². The number of hydrogen-bond donors (Lipinski definition) is 4. The fourth-order valence-corrected chi connectivity index (χ4v) is 8.03.